The smallest absolute Gasteiger partial charge is 0.340 e. The van der Waals surface area contributed by atoms with Crippen molar-refractivity contribution in [1.82, 2.24) is 9.80 Å². The third kappa shape index (κ3) is 6.27. The van der Waals surface area contributed by atoms with Gasteiger partial charge in [-0.1, -0.05) is 26.0 Å². The van der Waals surface area contributed by atoms with Crippen LogP contribution in [0.3, 0.4) is 0 Å². The molecule has 0 spiro atoms. The van der Waals surface area contributed by atoms with Crippen LogP contribution in [-0.4, -0.2) is 65.1 Å². The fourth-order valence-electron chi connectivity index (χ4n) is 4.23. The number of esters is 1. The van der Waals surface area contributed by atoms with E-state index in [9.17, 15) is 14.4 Å². The number of thioether (sulfide) groups is 1. The van der Waals surface area contributed by atoms with E-state index in [1.54, 1.807) is 24.0 Å². The number of rotatable bonds is 6. The van der Waals surface area contributed by atoms with Gasteiger partial charge in [-0.2, -0.15) is 0 Å². The van der Waals surface area contributed by atoms with Gasteiger partial charge in [-0.05, 0) is 63.5 Å². The topological polar surface area (TPSA) is 66.9 Å². The van der Waals surface area contributed by atoms with Gasteiger partial charge in [-0.15, -0.1) is 11.8 Å². The molecule has 2 amide bonds. The van der Waals surface area contributed by atoms with E-state index >= 15 is 0 Å². The molecule has 176 valence electrons. The Bertz CT molecular complexity index is 814. The van der Waals surface area contributed by atoms with Crippen LogP contribution in [0.25, 0.3) is 0 Å². The number of carbonyl (C=O) groups excluding carboxylic acids is 3. The summed E-state index contributed by atoms with van der Waals surface area (Å²) in [6, 6.07) is 7.16. The minimum Gasteiger partial charge on any atom is -0.449 e. The van der Waals surface area contributed by atoms with Crippen molar-refractivity contribution in [1.29, 1.82) is 0 Å². The highest BCUT2D eigenvalue weighted by Gasteiger charge is 2.29. The molecule has 2 fully saturated rings. The average Bonchev–Trinajstić information content (AvgIpc) is 2.79. The first-order chi connectivity index (χ1) is 15.3. The van der Waals surface area contributed by atoms with Gasteiger partial charge in [0.2, 0.25) is 5.91 Å². The van der Waals surface area contributed by atoms with Crippen LogP contribution in [-0.2, 0) is 14.3 Å². The predicted molar refractivity (Wildman–Crippen MR) is 127 cm³/mol. The summed E-state index contributed by atoms with van der Waals surface area (Å²) in [5.41, 5.74) is 0.399. The number of hydrogen-bond donors (Lipinski definition) is 0. The Morgan fingerprint density at radius 2 is 1.38 bits per heavy atom. The summed E-state index contributed by atoms with van der Waals surface area (Å²) in [4.78, 5) is 42.9. The maximum absolute atomic E-state index is 12.9. The molecular weight excluding hydrogens is 424 g/mol. The van der Waals surface area contributed by atoms with Gasteiger partial charge in [-0.25, -0.2) is 4.79 Å². The first-order valence-corrected chi connectivity index (χ1v) is 12.7. The van der Waals surface area contributed by atoms with Crippen LogP contribution in [0, 0.1) is 11.8 Å². The molecule has 2 saturated heterocycles. The molecule has 0 unspecified atom stereocenters. The van der Waals surface area contributed by atoms with Crippen LogP contribution >= 0.6 is 11.8 Å². The number of benzene rings is 1. The Balaban J connectivity index is 1.60. The van der Waals surface area contributed by atoms with Crippen molar-refractivity contribution in [2.45, 2.75) is 69.6 Å². The Hall–Kier alpha value is -2.02. The van der Waals surface area contributed by atoms with Gasteiger partial charge in [0.1, 0.15) is 0 Å². The summed E-state index contributed by atoms with van der Waals surface area (Å²) in [6.45, 7) is 10.9. The molecule has 2 aliphatic rings. The molecule has 0 saturated carbocycles. The van der Waals surface area contributed by atoms with Crippen LogP contribution in [0.1, 0.15) is 63.7 Å². The van der Waals surface area contributed by atoms with E-state index in [1.807, 2.05) is 24.0 Å². The van der Waals surface area contributed by atoms with E-state index in [4.69, 9.17) is 4.74 Å². The largest absolute Gasteiger partial charge is 0.449 e. The van der Waals surface area contributed by atoms with Gasteiger partial charge in [0.15, 0.2) is 6.10 Å². The highest BCUT2D eigenvalue weighted by Crippen LogP contribution is 2.30. The number of piperidine rings is 2. The Morgan fingerprint density at radius 1 is 0.875 bits per heavy atom. The Labute approximate surface area is 196 Å². The molecule has 0 bridgehead atoms. The third-order valence-corrected chi connectivity index (χ3v) is 7.75. The summed E-state index contributed by atoms with van der Waals surface area (Å²) in [6.07, 6.45) is 3.20. The van der Waals surface area contributed by atoms with Gasteiger partial charge >= 0.3 is 5.97 Å². The summed E-state index contributed by atoms with van der Waals surface area (Å²) < 4.78 is 5.55. The average molecular weight is 461 g/mol. The van der Waals surface area contributed by atoms with Crippen LogP contribution in [0.15, 0.2) is 29.2 Å². The van der Waals surface area contributed by atoms with Gasteiger partial charge in [0.25, 0.3) is 5.91 Å². The molecular formula is C25H36N2O4S. The summed E-state index contributed by atoms with van der Waals surface area (Å²) in [5.74, 6) is 0.728. The predicted octanol–water partition coefficient (Wildman–Crippen LogP) is 4.23. The second-order valence-corrected chi connectivity index (χ2v) is 10.7. The molecule has 1 aromatic rings. The zero-order valence-electron chi connectivity index (χ0n) is 19.7. The lowest BCUT2D eigenvalue weighted by Gasteiger charge is -2.32. The molecule has 6 nitrogen and oxygen atoms in total. The number of hydrogen-bond acceptors (Lipinski definition) is 5. The highest BCUT2D eigenvalue weighted by atomic mass is 32.2. The van der Waals surface area contributed by atoms with E-state index < -0.39 is 12.1 Å². The minimum absolute atomic E-state index is 0.105. The van der Waals surface area contributed by atoms with E-state index in [-0.39, 0.29) is 17.1 Å². The molecule has 2 heterocycles. The van der Waals surface area contributed by atoms with Crippen molar-refractivity contribution in [3.8, 4) is 0 Å². The Morgan fingerprint density at radius 3 is 1.94 bits per heavy atom. The highest BCUT2D eigenvalue weighted by molar-refractivity contribution is 8.00. The van der Waals surface area contributed by atoms with E-state index in [1.165, 1.54) is 11.8 Å². The second-order valence-electron chi connectivity index (χ2n) is 9.32. The minimum atomic E-state index is -0.830. The Kier molecular flexibility index (Phi) is 8.63. The van der Waals surface area contributed by atoms with E-state index in [0.29, 0.717) is 35.4 Å². The molecule has 1 aromatic carbocycles. The fraction of sp³-hybridized carbons (Fsp3) is 0.640. The molecule has 7 heteroatoms. The lowest BCUT2D eigenvalue weighted by Crippen LogP contribution is -2.44. The molecule has 0 aromatic heterocycles. The normalized spacial score (nSPS) is 20.0. The third-order valence-electron chi connectivity index (χ3n) is 6.58. The van der Waals surface area contributed by atoms with Crippen molar-refractivity contribution in [3.63, 3.8) is 0 Å². The molecule has 2 aliphatic heterocycles. The maximum atomic E-state index is 12.9. The van der Waals surface area contributed by atoms with Gasteiger partial charge in [-0.3, -0.25) is 9.59 Å². The van der Waals surface area contributed by atoms with Crippen molar-refractivity contribution in [3.05, 3.63) is 29.8 Å². The van der Waals surface area contributed by atoms with E-state index in [0.717, 1.165) is 38.8 Å². The lowest BCUT2D eigenvalue weighted by molar-refractivity contribution is -0.141. The number of amides is 2. The zero-order valence-corrected chi connectivity index (χ0v) is 20.5. The number of ether oxygens (including phenoxy) is 1. The quantitative estimate of drug-likeness (QED) is 0.469. The summed E-state index contributed by atoms with van der Waals surface area (Å²) in [7, 11) is 0. The van der Waals surface area contributed by atoms with Gasteiger partial charge in [0, 0.05) is 31.1 Å². The molecule has 0 N–H and O–H groups in total. The number of carbonyl (C=O) groups is 3. The van der Waals surface area contributed by atoms with Crippen LogP contribution in [0.5, 0.6) is 0 Å². The molecule has 3 rings (SSSR count). The monoisotopic (exact) mass is 460 g/mol. The van der Waals surface area contributed by atoms with Gasteiger partial charge in [0.05, 0.1) is 10.8 Å². The molecule has 32 heavy (non-hydrogen) atoms. The summed E-state index contributed by atoms with van der Waals surface area (Å²) in [5, 5.41) is -0.299. The van der Waals surface area contributed by atoms with Crippen molar-refractivity contribution in [2.75, 3.05) is 26.2 Å². The maximum Gasteiger partial charge on any atom is 0.340 e. The zero-order chi connectivity index (χ0) is 23.3. The number of nitrogens with zero attached hydrogens (tertiary/aromatic N) is 2. The van der Waals surface area contributed by atoms with Crippen LogP contribution in [0.2, 0.25) is 0 Å². The number of likely N-dealkylation sites (tertiary alicyclic amines) is 2. The fourth-order valence-corrected chi connectivity index (χ4v) is 5.29. The van der Waals surface area contributed by atoms with E-state index in [2.05, 4.69) is 13.8 Å². The SMILES string of the molecule is CC1CCN(C(=O)[C@H](C)OC(=O)c2ccccc2S[C@H](C)C(=O)N2CCC(C)CC2)CC1. The first-order valence-electron chi connectivity index (χ1n) is 11.8. The van der Waals surface area contributed by atoms with Crippen molar-refractivity contribution < 1.29 is 19.1 Å². The summed E-state index contributed by atoms with van der Waals surface area (Å²) >= 11 is 1.38. The molecule has 0 aliphatic carbocycles. The first kappa shape index (κ1) is 24.6. The van der Waals surface area contributed by atoms with Crippen LogP contribution in [0.4, 0.5) is 0 Å². The lowest BCUT2D eigenvalue weighted by atomic mass is 9.99. The molecule has 2 atom stereocenters. The van der Waals surface area contributed by atoms with Crippen molar-refractivity contribution in [2.24, 2.45) is 11.8 Å². The van der Waals surface area contributed by atoms with Crippen LogP contribution < -0.4 is 0 Å². The van der Waals surface area contributed by atoms with Gasteiger partial charge < -0.3 is 14.5 Å². The van der Waals surface area contributed by atoms with Crippen molar-refractivity contribution >= 4 is 29.5 Å². The second kappa shape index (κ2) is 11.2. The standard InChI is InChI=1S/C25H36N2O4S/c1-17-9-13-26(14-10-17)23(28)19(3)31-25(30)21-7-5-6-8-22(21)32-20(4)24(29)27-15-11-18(2)12-16-27/h5-8,17-20H,9-16H2,1-4H3/t19-,20+/m0/s1. The molecule has 0 radical (unpaired) electrons.